The van der Waals surface area contributed by atoms with E-state index in [1.807, 2.05) is 6.07 Å². The molecule has 5 heteroatoms. The number of hydrogen-bond donors (Lipinski definition) is 1. The Morgan fingerprint density at radius 1 is 1.11 bits per heavy atom. The Morgan fingerprint density at radius 3 is 2.67 bits per heavy atom. The summed E-state index contributed by atoms with van der Waals surface area (Å²) < 4.78 is 18.8. The fourth-order valence-electron chi connectivity index (χ4n) is 4.33. The minimum atomic E-state index is -0.259. The van der Waals surface area contributed by atoms with Gasteiger partial charge >= 0.3 is 0 Å². The number of methoxy groups -OCH3 is 1. The van der Waals surface area contributed by atoms with Gasteiger partial charge in [0.2, 0.25) is 0 Å². The molecule has 0 saturated carbocycles. The zero-order valence-electron chi connectivity index (χ0n) is 16.2. The van der Waals surface area contributed by atoms with Gasteiger partial charge in [-0.15, -0.1) is 0 Å². The Labute approximate surface area is 160 Å². The molecular formula is C22H28FN3O. The lowest BCUT2D eigenvalue weighted by Crippen LogP contribution is -2.54. The SMILES string of the molecule is COc1cc(F)ccc1N1CCN(CC2(C)CCc3ccccc3N2)CC1. The molecule has 1 unspecified atom stereocenters. The van der Waals surface area contributed by atoms with Gasteiger partial charge < -0.3 is 15.0 Å². The molecule has 27 heavy (non-hydrogen) atoms. The van der Waals surface area contributed by atoms with E-state index in [9.17, 15) is 4.39 Å². The highest BCUT2D eigenvalue weighted by Gasteiger charge is 2.32. The lowest BCUT2D eigenvalue weighted by molar-refractivity contribution is 0.207. The van der Waals surface area contributed by atoms with Gasteiger partial charge in [-0.05, 0) is 43.5 Å². The van der Waals surface area contributed by atoms with E-state index in [2.05, 4.69) is 46.3 Å². The Hall–Kier alpha value is -2.27. The topological polar surface area (TPSA) is 27.7 Å². The fourth-order valence-corrected chi connectivity index (χ4v) is 4.33. The molecule has 0 aromatic heterocycles. The largest absolute Gasteiger partial charge is 0.494 e. The molecule has 2 heterocycles. The number of benzene rings is 2. The van der Waals surface area contributed by atoms with Crippen molar-refractivity contribution in [1.82, 2.24) is 4.90 Å². The Balaban J connectivity index is 1.38. The standard InChI is InChI=1S/C22H28FN3O/c1-22(10-9-17-5-3-4-6-19(17)24-22)16-25-11-13-26(14-12-25)20-8-7-18(23)15-21(20)27-2/h3-8,15,24H,9-14,16H2,1-2H3. The van der Waals surface area contributed by atoms with Gasteiger partial charge in [-0.25, -0.2) is 4.39 Å². The first-order chi connectivity index (χ1) is 13.1. The summed E-state index contributed by atoms with van der Waals surface area (Å²) >= 11 is 0. The van der Waals surface area contributed by atoms with Gasteiger partial charge in [0.25, 0.3) is 0 Å². The number of aryl methyl sites for hydroxylation is 1. The third-order valence-electron chi connectivity index (χ3n) is 5.83. The third kappa shape index (κ3) is 3.88. The first-order valence-corrected chi connectivity index (χ1v) is 9.73. The van der Waals surface area contributed by atoms with E-state index in [0.29, 0.717) is 5.75 Å². The van der Waals surface area contributed by atoms with Crippen molar-refractivity contribution in [2.45, 2.75) is 25.3 Å². The predicted molar refractivity (Wildman–Crippen MR) is 108 cm³/mol. The minimum Gasteiger partial charge on any atom is -0.494 e. The number of anilines is 2. The van der Waals surface area contributed by atoms with E-state index in [4.69, 9.17) is 4.74 Å². The Bertz CT molecular complexity index is 804. The number of piperazine rings is 1. The van der Waals surface area contributed by atoms with Crippen molar-refractivity contribution >= 4 is 11.4 Å². The van der Waals surface area contributed by atoms with Crippen LogP contribution in [0.3, 0.4) is 0 Å². The van der Waals surface area contributed by atoms with Crippen LogP contribution in [-0.4, -0.2) is 50.3 Å². The molecule has 0 amide bonds. The highest BCUT2D eigenvalue weighted by molar-refractivity contribution is 5.59. The van der Waals surface area contributed by atoms with Crippen molar-refractivity contribution in [1.29, 1.82) is 0 Å². The lowest BCUT2D eigenvalue weighted by Gasteiger charge is -2.44. The second-order valence-electron chi connectivity index (χ2n) is 7.92. The monoisotopic (exact) mass is 369 g/mol. The van der Waals surface area contributed by atoms with Crippen LogP contribution in [0.5, 0.6) is 5.75 Å². The molecule has 1 N–H and O–H groups in total. The smallest absolute Gasteiger partial charge is 0.145 e. The van der Waals surface area contributed by atoms with E-state index in [-0.39, 0.29) is 11.4 Å². The normalized spacial score (nSPS) is 22.9. The number of halogens is 1. The number of para-hydroxylation sites is 1. The van der Waals surface area contributed by atoms with Gasteiger partial charge in [-0.2, -0.15) is 0 Å². The summed E-state index contributed by atoms with van der Waals surface area (Å²) in [6, 6.07) is 13.4. The second-order valence-corrected chi connectivity index (χ2v) is 7.92. The molecule has 4 nitrogen and oxygen atoms in total. The number of hydrogen-bond acceptors (Lipinski definition) is 4. The number of ether oxygens (including phenoxy) is 1. The van der Waals surface area contributed by atoms with Crippen LogP contribution in [-0.2, 0) is 6.42 Å². The maximum Gasteiger partial charge on any atom is 0.145 e. The zero-order chi connectivity index (χ0) is 18.9. The maximum atomic E-state index is 13.5. The van der Waals surface area contributed by atoms with Gasteiger partial charge in [0.1, 0.15) is 11.6 Å². The molecule has 0 spiro atoms. The van der Waals surface area contributed by atoms with Crippen molar-refractivity contribution in [3.8, 4) is 5.75 Å². The average molecular weight is 369 g/mol. The van der Waals surface area contributed by atoms with Crippen molar-refractivity contribution in [3.05, 3.63) is 53.8 Å². The zero-order valence-corrected chi connectivity index (χ0v) is 16.2. The summed E-state index contributed by atoms with van der Waals surface area (Å²) in [5.41, 5.74) is 3.78. The number of nitrogens with one attached hydrogen (secondary N) is 1. The van der Waals surface area contributed by atoms with Crippen LogP contribution in [0, 0.1) is 5.82 Å². The number of nitrogens with zero attached hydrogens (tertiary/aromatic N) is 2. The summed E-state index contributed by atoms with van der Waals surface area (Å²) in [6.07, 6.45) is 2.28. The fraction of sp³-hybridized carbons (Fsp3) is 0.455. The van der Waals surface area contributed by atoms with Crippen molar-refractivity contribution in [3.63, 3.8) is 0 Å². The highest BCUT2D eigenvalue weighted by Crippen LogP contribution is 2.32. The molecule has 0 bridgehead atoms. The Kier molecular flexibility index (Phi) is 4.96. The minimum absolute atomic E-state index is 0.101. The molecular weight excluding hydrogens is 341 g/mol. The van der Waals surface area contributed by atoms with E-state index in [0.717, 1.165) is 51.3 Å². The van der Waals surface area contributed by atoms with E-state index in [1.165, 1.54) is 23.4 Å². The van der Waals surface area contributed by atoms with Crippen LogP contribution in [0.15, 0.2) is 42.5 Å². The molecule has 1 saturated heterocycles. The summed E-state index contributed by atoms with van der Waals surface area (Å²) in [4.78, 5) is 4.83. The third-order valence-corrected chi connectivity index (χ3v) is 5.83. The van der Waals surface area contributed by atoms with E-state index >= 15 is 0 Å². The van der Waals surface area contributed by atoms with Gasteiger partial charge in [0.05, 0.1) is 12.8 Å². The lowest BCUT2D eigenvalue weighted by atomic mass is 9.87. The van der Waals surface area contributed by atoms with E-state index < -0.39 is 0 Å². The summed E-state index contributed by atoms with van der Waals surface area (Å²) in [5.74, 6) is 0.354. The van der Waals surface area contributed by atoms with Crippen molar-refractivity contribution < 1.29 is 9.13 Å². The van der Waals surface area contributed by atoms with Crippen molar-refractivity contribution in [2.24, 2.45) is 0 Å². The van der Waals surface area contributed by atoms with Crippen LogP contribution in [0.2, 0.25) is 0 Å². The van der Waals surface area contributed by atoms with Gasteiger partial charge in [0, 0.05) is 50.0 Å². The highest BCUT2D eigenvalue weighted by atomic mass is 19.1. The summed E-state index contributed by atoms with van der Waals surface area (Å²) in [5, 5.41) is 3.77. The van der Waals surface area contributed by atoms with Crippen LogP contribution >= 0.6 is 0 Å². The first-order valence-electron chi connectivity index (χ1n) is 9.73. The molecule has 0 aliphatic carbocycles. The quantitative estimate of drug-likeness (QED) is 0.888. The van der Waals surface area contributed by atoms with Crippen LogP contribution in [0.1, 0.15) is 18.9 Å². The predicted octanol–water partition coefficient (Wildman–Crippen LogP) is 3.77. The molecule has 0 radical (unpaired) electrons. The molecule has 2 aromatic rings. The van der Waals surface area contributed by atoms with Crippen LogP contribution in [0.4, 0.5) is 15.8 Å². The number of fused-ring (bicyclic) bond motifs is 1. The first kappa shape index (κ1) is 18.1. The summed E-state index contributed by atoms with van der Waals surface area (Å²) in [7, 11) is 1.60. The maximum absolute atomic E-state index is 13.5. The number of rotatable bonds is 4. The molecule has 2 aliphatic rings. The molecule has 144 valence electrons. The molecule has 2 aromatic carbocycles. The average Bonchev–Trinajstić information content (AvgIpc) is 2.68. The second kappa shape index (κ2) is 7.39. The summed E-state index contributed by atoms with van der Waals surface area (Å²) in [6.45, 7) is 7.22. The molecule has 4 rings (SSSR count). The van der Waals surface area contributed by atoms with Crippen molar-refractivity contribution in [2.75, 3.05) is 50.1 Å². The van der Waals surface area contributed by atoms with E-state index in [1.54, 1.807) is 7.11 Å². The van der Waals surface area contributed by atoms with Gasteiger partial charge in [0.15, 0.2) is 0 Å². The molecule has 1 fully saturated rings. The Morgan fingerprint density at radius 2 is 1.89 bits per heavy atom. The molecule has 2 aliphatic heterocycles. The van der Waals surface area contributed by atoms with Crippen LogP contribution < -0.4 is 15.0 Å². The van der Waals surface area contributed by atoms with Gasteiger partial charge in [-0.3, -0.25) is 4.90 Å². The molecule has 1 atom stereocenters. The van der Waals surface area contributed by atoms with Crippen LogP contribution in [0.25, 0.3) is 0 Å². The van der Waals surface area contributed by atoms with Gasteiger partial charge in [-0.1, -0.05) is 18.2 Å².